The molecule has 1 aromatic rings. The van der Waals surface area contributed by atoms with Crippen LogP contribution in [0.5, 0.6) is 0 Å². The molecule has 0 saturated carbocycles. The Hall–Kier alpha value is -1.37. The Labute approximate surface area is 119 Å². The van der Waals surface area contributed by atoms with Crippen LogP contribution in [0.4, 0.5) is 18.9 Å². The van der Waals surface area contributed by atoms with Crippen molar-refractivity contribution in [1.29, 1.82) is 0 Å². The monoisotopic (exact) mass is 304 g/mol. The number of benzene rings is 1. The molecule has 0 aromatic heterocycles. The van der Waals surface area contributed by atoms with Gasteiger partial charge in [0.15, 0.2) is 0 Å². The molecule has 0 bridgehead atoms. The van der Waals surface area contributed by atoms with Crippen LogP contribution >= 0.6 is 11.8 Å². The molecular weight excluding hydrogens is 289 g/mol. The highest BCUT2D eigenvalue weighted by atomic mass is 32.2. The quantitative estimate of drug-likeness (QED) is 0.826. The molecule has 20 heavy (non-hydrogen) atoms. The van der Waals surface area contributed by atoms with Gasteiger partial charge in [0.25, 0.3) is 5.91 Å². The summed E-state index contributed by atoms with van der Waals surface area (Å²) < 4.78 is 38.2. The molecule has 0 radical (unpaired) electrons. The number of halogens is 3. The number of nitrogens with one attached hydrogen (secondary N) is 1. The zero-order valence-corrected chi connectivity index (χ0v) is 11.5. The fourth-order valence-electron chi connectivity index (χ4n) is 2.12. The summed E-state index contributed by atoms with van der Waals surface area (Å²) in [6, 6.07) is 3.41. The predicted octanol–water partition coefficient (Wildman–Crippen LogP) is 2.91. The smallest absolute Gasteiger partial charge is 0.398 e. The van der Waals surface area contributed by atoms with E-state index in [2.05, 4.69) is 5.32 Å². The number of para-hydroxylation sites is 1. The van der Waals surface area contributed by atoms with E-state index in [-0.39, 0.29) is 11.6 Å². The third-order valence-electron chi connectivity index (χ3n) is 3.21. The standard InChI is InChI=1S/C13H15F3N2OS/c14-13(15,16)10-3-1-2-9(11(10)17)12(19)18-8-4-6-20-7-5-8/h1-3,8H,4-7,17H2,(H,18,19). The molecule has 0 atom stereocenters. The third-order valence-corrected chi connectivity index (χ3v) is 4.26. The fourth-order valence-corrected chi connectivity index (χ4v) is 3.22. The van der Waals surface area contributed by atoms with Crippen molar-refractivity contribution in [2.75, 3.05) is 17.2 Å². The molecule has 3 nitrogen and oxygen atoms in total. The van der Waals surface area contributed by atoms with E-state index in [1.54, 1.807) is 11.8 Å². The Morgan fingerprint density at radius 1 is 1.30 bits per heavy atom. The van der Waals surface area contributed by atoms with Crippen molar-refractivity contribution in [1.82, 2.24) is 5.32 Å². The van der Waals surface area contributed by atoms with E-state index in [1.807, 2.05) is 0 Å². The highest BCUT2D eigenvalue weighted by Gasteiger charge is 2.34. The van der Waals surface area contributed by atoms with Crippen molar-refractivity contribution < 1.29 is 18.0 Å². The Kier molecular flexibility index (Phi) is 4.47. The summed E-state index contributed by atoms with van der Waals surface area (Å²) in [7, 11) is 0. The first-order valence-corrected chi connectivity index (χ1v) is 7.39. The van der Waals surface area contributed by atoms with Crippen molar-refractivity contribution in [3.8, 4) is 0 Å². The molecule has 1 saturated heterocycles. The van der Waals surface area contributed by atoms with E-state index in [4.69, 9.17) is 5.73 Å². The number of anilines is 1. The van der Waals surface area contributed by atoms with E-state index in [9.17, 15) is 18.0 Å². The largest absolute Gasteiger partial charge is 0.418 e. The van der Waals surface area contributed by atoms with Gasteiger partial charge in [0, 0.05) is 6.04 Å². The lowest BCUT2D eigenvalue weighted by Gasteiger charge is -2.23. The van der Waals surface area contributed by atoms with E-state index < -0.39 is 23.3 Å². The van der Waals surface area contributed by atoms with E-state index in [1.165, 1.54) is 12.1 Å². The second-order valence-corrected chi connectivity index (χ2v) is 5.85. The zero-order valence-electron chi connectivity index (χ0n) is 10.7. The molecule has 3 N–H and O–H groups in total. The van der Waals surface area contributed by atoms with Crippen molar-refractivity contribution in [3.05, 3.63) is 29.3 Å². The first kappa shape index (κ1) is 15.0. The van der Waals surface area contributed by atoms with Crippen LogP contribution in [0.25, 0.3) is 0 Å². The molecule has 7 heteroatoms. The van der Waals surface area contributed by atoms with Crippen molar-refractivity contribution >= 4 is 23.4 Å². The molecule has 110 valence electrons. The summed E-state index contributed by atoms with van der Waals surface area (Å²) in [6.07, 6.45) is -2.90. The van der Waals surface area contributed by atoms with Crippen LogP contribution in [0.1, 0.15) is 28.8 Å². The number of carbonyl (C=O) groups excluding carboxylic acids is 1. The lowest BCUT2D eigenvalue weighted by atomic mass is 10.1. The van der Waals surface area contributed by atoms with Gasteiger partial charge >= 0.3 is 6.18 Å². The second kappa shape index (κ2) is 5.95. The van der Waals surface area contributed by atoms with Gasteiger partial charge in [-0.15, -0.1) is 0 Å². The van der Waals surface area contributed by atoms with Gasteiger partial charge < -0.3 is 11.1 Å². The van der Waals surface area contributed by atoms with Crippen LogP contribution in [0.2, 0.25) is 0 Å². The Bertz CT molecular complexity index is 499. The number of carbonyl (C=O) groups is 1. The minimum atomic E-state index is -4.55. The Balaban J connectivity index is 2.17. The minimum Gasteiger partial charge on any atom is -0.398 e. The zero-order chi connectivity index (χ0) is 14.8. The van der Waals surface area contributed by atoms with Crippen LogP contribution in [0, 0.1) is 0 Å². The van der Waals surface area contributed by atoms with E-state index in [0.717, 1.165) is 30.4 Å². The lowest BCUT2D eigenvalue weighted by Crippen LogP contribution is -2.37. The van der Waals surface area contributed by atoms with Crippen LogP contribution < -0.4 is 11.1 Å². The maximum Gasteiger partial charge on any atom is 0.418 e. The summed E-state index contributed by atoms with van der Waals surface area (Å²) in [5.74, 6) is 1.36. The second-order valence-electron chi connectivity index (χ2n) is 4.62. The normalized spacial score (nSPS) is 16.9. The number of nitrogen functional groups attached to an aromatic ring is 1. The lowest BCUT2D eigenvalue weighted by molar-refractivity contribution is -0.136. The van der Waals surface area contributed by atoms with Crippen molar-refractivity contribution in [2.45, 2.75) is 25.1 Å². The molecule has 0 aliphatic carbocycles. The molecule has 1 aliphatic rings. The molecule has 0 spiro atoms. The van der Waals surface area contributed by atoms with Crippen LogP contribution in [0.3, 0.4) is 0 Å². The highest BCUT2D eigenvalue weighted by molar-refractivity contribution is 7.99. The van der Waals surface area contributed by atoms with Gasteiger partial charge in [-0.2, -0.15) is 24.9 Å². The van der Waals surface area contributed by atoms with Gasteiger partial charge in [-0.25, -0.2) is 0 Å². The molecule has 1 heterocycles. The van der Waals surface area contributed by atoms with Crippen molar-refractivity contribution in [3.63, 3.8) is 0 Å². The number of nitrogens with two attached hydrogens (primary N) is 1. The van der Waals surface area contributed by atoms with Gasteiger partial charge in [-0.1, -0.05) is 6.07 Å². The summed E-state index contributed by atoms with van der Waals surface area (Å²) >= 11 is 1.81. The Morgan fingerprint density at radius 2 is 1.95 bits per heavy atom. The predicted molar refractivity (Wildman–Crippen MR) is 73.7 cm³/mol. The third kappa shape index (κ3) is 3.39. The van der Waals surface area contributed by atoms with E-state index in [0.29, 0.717) is 0 Å². The number of amides is 1. The topological polar surface area (TPSA) is 55.1 Å². The number of thioether (sulfide) groups is 1. The summed E-state index contributed by atoms with van der Waals surface area (Å²) in [5.41, 5.74) is 3.90. The maximum atomic E-state index is 12.7. The molecular formula is C13H15F3N2OS. The summed E-state index contributed by atoms with van der Waals surface area (Å²) in [5, 5.41) is 2.76. The number of hydrogen-bond donors (Lipinski definition) is 2. The summed E-state index contributed by atoms with van der Waals surface area (Å²) in [6.45, 7) is 0. The summed E-state index contributed by atoms with van der Waals surface area (Å²) in [4.78, 5) is 12.0. The van der Waals surface area contributed by atoms with Crippen LogP contribution in [0.15, 0.2) is 18.2 Å². The number of rotatable bonds is 2. The first-order chi connectivity index (χ1) is 9.39. The number of hydrogen-bond acceptors (Lipinski definition) is 3. The molecule has 1 aliphatic heterocycles. The van der Waals surface area contributed by atoms with Crippen LogP contribution in [-0.2, 0) is 6.18 Å². The van der Waals surface area contributed by atoms with Crippen molar-refractivity contribution in [2.24, 2.45) is 0 Å². The van der Waals surface area contributed by atoms with Crippen LogP contribution in [-0.4, -0.2) is 23.5 Å². The molecule has 1 aromatic carbocycles. The average molecular weight is 304 g/mol. The van der Waals surface area contributed by atoms with E-state index >= 15 is 0 Å². The van der Waals surface area contributed by atoms with Gasteiger partial charge in [-0.3, -0.25) is 4.79 Å². The molecule has 1 fully saturated rings. The highest BCUT2D eigenvalue weighted by Crippen LogP contribution is 2.35. The first-order valence-electron chi connectivity index (χ1n) is 6.24. The molecule has 2 rings (SSSR count). The average Bonchev–Trinajstić information content (AvgIpc) is 2.38. The fraction of sp³-hybridized carbons (Fsp3) is 0.462. The number of alkyl halides is 3. The molecule has 1 amide bonds. The Morgan fingerprint density at radius 3 is 2.55 bits per heavy atom. The molecule has 0 unspecified atom stereocenters. The van der Waals surface area contributed by atoms with Gasteiger partial charge in [-0.05, 0) is 36.5 Å². The minimum absolute atomic E-state index is 0.0118. The van der Waals surface area contributed by atoms with Gasteiger partial charge in [0.05, 0.1) is 16.8 Å². The maximum absolute atomic E-state index is 12.7. The van der Waals surface area contributed by atoms with Gasteiger partial charge in [0.2, 0.25) is 0 Å². The van der Waals surface area contributed by atoms with Gasteiger partial charge in [0.1, 0.15) is 0 Å². The SMILES string of the molecule is Nc1c(C(=O)NC2CCSCC2)cccc1C(F)(F)F.